The van der Waals surface area contributed by atoms with Crippen molar-refractivity contribution >= 4 is 5.69 Å². The van der Waals surface area contributed by atoms with Crippen molar-refractivity contribution in [3.05, 3.63) is 48.0 Å². The summed E-state index contributed by atoms with van der Waals surface area (Å²) in [4.78, 5) is 4.40. The summed E-state index contributed by atoms with van der Waals surface area (Å²) in [5.74, 6) is 1.52. The van der Waals surface area contributed by atoms with E-state index in [1.54, 1.807) is 0 Å². The summed E-state index contributed by atoms with van der Waals surface area (Å²) < 4.78 is 1.98. The molecule has 2 heterocycles. The van der Waals surface area contributed by atoms with E-state index in [-0.39, 0.29) is 0 Å². The Morgan fingerprint density at radius 2 is 2.10 bits per heavy atom. The summed E-state index contributed by atoms with van der Waals surface area (Å²) in [5.41, 5.74) is 3.16. The second kappa shape index (κ2) is 5.78. The van der Waals surface area contributed by atoms with Crippen molar-refractivity contribution in [3.63, 3.8) is 0 Å². The van der Waals surface area contributed by atoms with Crippen LogP contribution >= 0.6 is 0 Å². The molecule has 0 unspecified atom stereocenters. The minimum Gasteiger partial charge on any atom is -0.379 e. The lowest BCUT2D eigenvalue weighted by atomic mass is 10.1. The first-order valence-corrected chi connectivity index (χ1v) is 7.01. The fourth-order valence-electron chi connectivity index (χ4n) is 2.28. The van der Waals surface area contributed by atoms with Crippen molar-refractivity contribution < 1.29 is 0 Å². The van der Waals surface area contributed by atoms with Crippen LogP contribution < -0.4 is 5.32 Å². The van der Waals surface area contributed by atoms with Crippen molar-refractivity contribution in [2.75, 3.05) is 5.32 Å². The van der Waals surface area contributed by atoms with Gasteiger partial charge in [-0.15, -0.1) is 0 Å². The Balaban J connectivity index is 1.83. The van der Waals surface area contributed by atoms with Crippen LogP contribution in [0.1, 0.15) is 18.4 Å². The minimum atomic E-state index is 0.708. The van der Waals surface area contributed by atoms with Gasteiger partial charge in [0.1, 0.15) is 5.82 Å². The van der Waals surface area contributed by atoms with Gasteiger partial charge >= 0.3 is 0 Å². The lowest BCUT2D eigenvalue weighted by Crippen LogP contribution is -2.08. The van der Waals surface area contributed by atoms with E-state index >= 15 is 0 Å². The van der Waals surface area contributed by atoms with Crippen LogP contribution in [-0.4, -0.2) is 25.0 Å². The first kappa shape index (κ1) is 13.4. The Morgan fingerprint density at radius 3 is 2.86 bits per heavy atom. The van der Waals surface area contributed by atoms with Gasteiger partial charge in [-0.1, -0.05) is 12.1 Å². The molecular weight excluding hydrogens is 264 g/mol. The van der Waals surface area contributed by atoms with Crippen LogP contribution in [0.15, 0.2) is 36.5 Å². The predicted octanol–water partition coefficient (Wildman–Crippen LogP) is 2.61. The Kier molecular flexibility index (Phi) is 3.68. The Labute approximate surface area is 123 Å². The molecule has 0 aliphatic carbocycles. The van der Waals surface area contributed by atoms with E-state index in [4.69, 9.17) is 0 Å². The maximum Gasteiger partial charge on any atom is 0.183 e. The third-order valence-corrected chi connectivity index (χ3v) is 3.33. The first-order valence-electron chi connectivity index (χ1n) is 7.01. The number of nitrogens with zero attached hydrogens (tertiary/aromatic N) is 4. The Bertz CT molecular complexity index is 727. The number of aromatic amines is 1. The standard InChI is InChI=1S/C15H18N6/c1-3-21-12(8-9-17-21)10-16-14-7-5-4-6-13(14)15-18-11(2)19-20-15/h4-9,16H,3,10H2,1-2H3,(H,18,19,20). The van der Waals surface area contributed by atoms with E-state index in [0.717, 1.165) is 29.3 Å². The van der Waals surface area contributed by atoms with Gasteiger partial charge in [0, 0.05) is 24.0 Å². The summed E-state index contributed by atoms with van der Waals surface area (Å²) in [5, 5.41) is 14.8. The number of anilines is 1. The fraction of sp³-hybridized carbons (Fsp3) is 0.267. The van der Waals surface area contributed by atoms with Crippen molar-refractivity contribution in [2.45, 2.75) is 26.9 Å². The number of hydrogen-bond acceptors (Lipinski definition) is 4. The number of H-pyrrole nitrogens is 1. The maximum atomic E-state index is 4.40. The molecule has 21 heavy (non-hydrogen) atoms. The molecule has 0 fully saturated rings. The van der Waals surface area contributed by atoms with Crippen molar-refractivity contribution in [2.24, 2.45) is 0 Å². The minimum absolute atomic E-state index is 0.708. The third-order valence-electron chi connectivity index (χ3n) is 3.33. The average molecular weight is 282 g/mol. The molecule has 3 aromatic rings. The number of para-hydroxylation sites is 1. The quantitative estimate of drug-likeness (QED) is 0.754. The van der Waals surface area contributed by atoms with Crippen LogP contribution in [-0.2, 0) is 13.1 Å². The van der Waals surface area contributed by atoms with Crippen LogP contribution in [0.3, 0.4) is 0 Å². The average Bonchev–Trinajstić information content (AvgIpc) is 3.13. The van der Waals surface area contributed by atoms with Crippen LogP contribution in [0.5, 0.6) is 0 Å². The number of nitrogens with one attached hydrogen (secondary N) is 2. The van der Waals surface area contributed by atoms with Gasteiger partial charge < -0.3 is 5.32 Å². The molecular formula is C15H18N6. The van der Waals surface area contributed by atoms with Gasteiger partial charge in [-0.25, -0.2) is 4.98 Å². The molecule has 0 amide bonds. The predicted molar refractivity (Wildman–Crippen MR) is 81.8 cm³/mol. The van der Waals surface area contributed by atoms with Crippen molar-refractivity contribution in [1.82, 2.24) is 25.0 Å². The zero-order valence-corrected chi connectivity index (χ0v) is 12.2. The number of aryl methyl sites for hydroxylation is 2. The van der Waals surface area contributed by atoms with Gasteiger partial charge in [0.2, 0.25) is 0 Å². The van der Waals surface area contributed by atoms with E-state index in [9.17, 15) is 0 Å². The van der Waals surface area contributed by atoms with Crippen LogP contribution in [0, 0.1) is 6.92 Å². The zero-order valence-electron chi connectivity index (χ0n) is 12.2. The molecule has 3 rings (SSSR count). The smallest absolute Gasteiger partial charge is 0.183 e. The number of rotatable bonds is 5. The molecule has 108 valence electrons. The molecule has 0 radical (unpaired) electrons. The normalized spacial score (nSPS) is 10.8. The highest BCUT2D eigenvalue weighted by Crippen LogP contribution is 2.25. The second-order valence-corrected chi connectivity index (χ2v) is 4.78. The highest BCUT2D eigenvalue weighted by molar-refractivity contribution is 5.73. The monoisotopic (exact) mass is 282 g/mol. The van der Waals surface area contributed by atoms with Crippen LogP contribution in [0.2, 0.25) is 0 Å². The molecule has 6 nitrogen and oxygen atoms in total. The van der Waals surface area contributed by atoms with E-state index in [1.807, 2.05) is 48.1 Å². The Morgan fingerprint density at radius 1 is 1.24 bits per heavy atom. The third kappa shape index (κ3) is 2.79. The number of hydrogen-bond donors (Lipinski definition) is 2. The van der Waals surface area contributed by atoms with E-state index < -0.39 is 0 Å². The summed E-state index contributed by atoms with van der Waals surface area (Å²) in [6.45, 7) is 5.56. The molecule has 0 aliphatic rings. The van der Waals surface area contributed by atoms with Gasteiger partial charge in [-0.2, -0.15) is 10.2 Å². The van der Waals surface area contributed by atoms with E-state index in [1.165, 1.54) is 0 Å². The summed E-state index contributed by atoms with van der Waals surface area (Å²) in [6.07, 6.45) is 1.82. The molecule has 1 aromatic carbocycles. The number of aromatic nitrogens is 5. The summed E-state index contributed by atoms with van der Waals surface area (Å²) >= 11 is 0. The van der Waals surface area contributed by atoms with Gasteiger partial charge in [-0.05, 0) is 32.0 Å². The zero-order chi connectivity index (χ0) is 14.7. The topological polar surface area (TPSA) is 71.4 Å². The van der Waals surface area contributed by atoms with E-state index in [2.05, 4.69) is 32.5 Å². The highest BCUT2D eigenvalue weighted by atomic mass is 15.3. The molecule has 0 atom stereocenters. The highest BCUT2D eigenvalue weighted by Gasteiger charge is 2.09. The lowest BCUT2D eigenvalue weighted by molar-refractivity contribution is 0.627. The molecule has 0 spiro atoms. The molecule has 2 aromatic heterocycles. The second-order valence-electron chi connectivity index (χ2n) is 4.78. The SMILES string of the molecule is CCn1nccc1CNc1ccccc1-c1n[nH]c(C)n1. The number of benzene rings is 1. The van der Waals surface area contributed by atoms with Crippen molar-refractivity contribution in [3.8, 4) is 11.4 Å². The summed E-state index contributed by atoms with van der Waals surface area (Å²) in [7, 11) is 0. The van der Waals surface area contributed by atoms with Crippen LogP contribution in [0.4, 0.5) is 5.69 Å². The molecule has 0 bridgehead atoms. The molecule has 0 saturated heterocycles. The molecule has 6 heteroatoms. The van der Waals surface area contributed by atoms with Gasteiger partial charge in [0.05, 0.1) is 12.2 Å². The molecule has 0 saturated carbocycles. The lowest BCUT2D eigenvalue weighted by Gasteiger charge is -2.11. The fourth-order valence-corrected chi connectivity index (χ4v) is 2.28. The van der Waals surface area contributed by atoms with E-state index in [0.29, 0.717) is 12.4 Å². The Hall–Kier alpha value is -2.63. The molecule has 2 N–H and O–H groups in total. The largest absolute Gasteiger partial charge is 0.379 e. The van der Waals surface area contributed by atoms with Crippen LogP contribution in [0.25, 0.3) is 11.4 Å². The first-order chi connectivity index (χ1) is 10.3. The van der Waals surface area contributed by atoms with Crippen molar-refractivity contribution in [1.29, 1.82) is 0 Å². The van der Waals surface area contributed by atoms with Gasteiger partial charge in [-0.3, -0.25) is 9.78 Å². The van der Waals surface area contributed by atoms with Gasteiger partial charge in [0.25, 0.3) is 0 Å². The van der Waals surface area contributed by atoms with Gasteiger partial charge in [0.15, 0.2) is 5.82 Å². The molecule has 0 aliphatic heterocycles. The summed E-state index contributed by atoms with van der Waals surface area (Å²) in [6, 6.07) is 10.1. The maximum absolute atomic E-state index is 4.40.